The quantitative estimate of drug-likeness (QED) is 0.731. The van der Waals surface area contributed by atoms with E-state index in [1.807, 2.05) is 12.1 Å². The molecule has 0 amide bonds. The molecule has 0 spiro atoms. The van der Waals surface area contributed by atoms with E-state index in [-0.39, 0.29) is 0 Å². The van der Waals surface area contributed by atoms with Crippen LogP contribution in [0.2, 0.25) is 0 Å². The molecular formula is C12H11N3O2. The van der Waals surface area contributed by atoms with Crippen LogP contribution in [0.5, 0.6) is 11.5 Å². The summed E-state index contributed by atoms with van der Waals surface area (Å²) in [7, 11) is 3.24. The molecule has 5 heteroatoms. The summed E-state index contributed by atoms with van der Waals surface area (Å²) in [5, 5.41) is 9.85. The number of benzene rings is 1. The van der Waals surface area contributed by atoms with Gasteiger partial charge in [-0.05, 0) is 17.5 Å². The molecule has 0 atom stereocenters. The Morgan fingerprint density at radius 3 is 2.53 bits per heavy atom. The summed E-state index contributed by atoms with van der Waals surface area (Å²) in [5.74, 6) is 1.40. The van der Waals surface area contributed by atoms with Crippen molar-refractivity contribution in [2.75, 3.05) is 14.2 Å². The number of methoxy groups -OCH3 is 2. The van der Waals surface area contributed by atoms with E-state index in [1.165, 1.54) is 0 Å². The Labute approximate surface area is 97.4 Å². The lowest BCUT2D eigenvalue weighted by molar-refractivity contribution is 0.356. The minimum absolute atomic E-state index is 0.699. The first-order valence-corrected chi connectivity index (χ1v) is 5.17. The van der Waals surface area contributed by atoms with E-state index >= 15 is 0 Å². The number of pyridine rings is 1. The standard InChI is InChI=1S/C12H11N3O2/c1-16-10-3-7-5-13-12-9(6-14-15-12)8(7)4-11(10)17-2/h3-6H,1-2H3,(H,13,14,15). The molecule has 0 aliphatic rings. The second-order valence-electron chi connectivity index (χ2n) is 3.68. The molecule has 3 aromatic rings. The maximum absolute atomic E-state index is 5.29. The fraction of sp³-hybridized carbons (Fsp3) is 0.167. The maximum Gasteiger partial charge on any atom is 0.161 e. The lowest BCUT2D eigenvalue weighted by Crippen LogP contribution is -1.91. The number of aromatic nitrogens is 3. The average molecular weight is 229 g/mol. The largest absolute Gasteiger partial charge is 0.493 e. The van der Waals surface area contributed by atoms with Gasteiger partial charge in [0.05, 0.1) is 20.4 Å². The number of fused-ring (bicyclic) bond motifs is 3. The SMILES string of the molecule is COc1cc2cnc3[nH]ncc3c2cc1OC. The molecular weight excluding hydrogens is 218 g/mol. The molecule has 0 bridgehead atoms. The summed E-state index contributed by atoms with van der Waals surface area (Å²) in [6, 6.07) is 3.85. The second kappa shape index (κ2) is 3.62. The Bertz CT molecular complexity index is 691. The second-order valence-corrected chi connectivity index (χ2v) is 3.68. The van der Waals surface area contributed by atoms with Gasteiger partial charge in [0.25, 0.3) is 0 Å². The van der Waals surface area contributed by atoms with Crippen LogP contribution < -0.4 is 9.47 Å². The van der Waals surface area contributed by atoms with E-state index < -0.39 is 0 Å². The number of aromatic amines is 1. The molecule has 0 saturated heterocycles. The Morgan fingerprint density at radius 2 is 1.76 bits per heavy atom. The van der Waals surface area contributed by atoms with Crippen molar-refractivity contribution in [3.63, 3.8) is 0 Å². The van der Waals surface area contributed by atoms with Crippen molar-refractivity contribution in [2.24, 2.45) is 0 Å². The van der Waals surface area contributed by atoms with Gasteiger partial charge in [0.1, 0.15) is 0 Å². The Morgan fingerprint density at radius 1 is 1.00 bits per heavy atom. The van der Waals surface area contributed by atoms with Crippen LogP contribution in [0, 0.1) is 0 Å². The molecule has 17 heavy (non-hydrogen) atoms. The average Bonchev–Trinajstić information content (AvgIpc) is 2.85. The van der Waals surface area contributed by atoms with Gasteiger partial charge in [0.15, 0.2) is 17.1 Å². The third-order valence-corrected chi connectivity index (χ3v) is 2.80. The fourth-order valence-electron chi connectivity index (χ4n) is 1.94. The van der Waals surface area contributed by atoms with Crippen molar-refractivity contribution in [3.05, 3.63) is 24.5 Å². The minimum Gasteiger partial charge on any atom is -0.493 e. The molecule has 86 valence electrons. The highest BCUT2D eigenvalue weighted by Crippen LogP contribution is 2.34. The molecule has 2 heterocycles. The molecule has 0 aliphatic heterocycles. The van der Waals surface area contributed by atoms with E-state index in [1.54, 1.807) is 26.6 Å². The zero-order valence-corrected chi connectivity index (χ0v) is 9.52. The first kappa shape index (κ1) is 9.89. The van der Waals surface area contributed by atoms with E-state index in [9.17, 15) is 0 Å². The van der Waals surface area contributed by atoms with Gasteiger partial charge in [0.2, 0.25) is 0 Å². The molecule has 0 saturated carbocycles. The van der Waals surface area contributed by atoms with Crippen LogP contribution in [-0.2, 0) is 0 Å². The molecule has 0 fully saturated rings. The fourth-order valence-corrected chi connectivity index (χ4v) is 1.94. The normalized spacial score (nSPS) is 10.9. The van der Waals surface area contributed by atoms with Crippen molar-refractivity contribution in [1.29, 1.82) is 0 Å². The van der Waals surface area contributed by atoms with Crippen LogP contribution in [-0.4, -0.2) is 29.4 Å². The van der Waals surface area contributed by atoms with E-state index in [2.05, 4.69) is 15.2 Å². The first-order chi connectivity index (χ1) is 8.33. The highest BCUT2D eigenvalue weighted by atomic mass is 16.5. The summed E-state index contributed by atoms with van der Waals surface area (Å²) in [6.45, 7) is 0. The van der Waals surface area contributed by atoms with E-state index in [0.29, 0.717) is 11.5 Å². The summed E-state index contributed by atoms with van der Waals surface area (Å²) in [6.07, 6.45) is 3.55. The number of nitrogens with one attached hydrogen (secondary N) is 1. The van der Waals surface area contributed by atoms with Crippen molar-refractivity contribution in [2.45, 2.75) is 0 Å². The highest BCUT2D eigenvalue weighted by molar-refractivity contribution is 6.05. The van der Waals surface area contributed by atoms with Crippen molar-refractivity contribution in [1.82, 2.24) is 15.2 Å². The first-order valence-electron chi connectivity index (χ1n) is 5.17. The Kier molecular flexibility index (Phi) is 2.11. The van der Waals surface area contributed by atoms with Crippen LogP contribution in [0.25, 0.3) is 21.8 Å². The predicted molar refractivity (Wildman–Crippen MR) is 64.5 cm³/mol. The molecule has 3 rings (SSSR count). The van der Waals surface area contributed by atoms with Crippen LogP contribution in [0.4, 0.5) is 0 Å². The van der Waals surface area contributed by atoms with Gasteiger partial charge in [-0.2, -0.15) is 5.10 Å². The smallest absolute Gasteiger partial charge is 0.161 e. The Balaban J connectivity index is 2.42. The van der Waals surface area contributed by atoms with Gasteiger partial charge in [-0.15, -0.1) is 0 Å². The summed E-state index contributed by atoms with van der Waals surface area (Å²) >= 11 is 0. The third kappa shape index (κ3) is 1.39. The zero-order valence-electron chi connectivity index (χ0n) is 9.52. The summed E-state index contributed by atoms with van der Waals surface area (Å²) in [5.41, 5.74) is 0.768. The number of ether oxygens (including phenoxy) is 2. The van der Waals surface area contributed by atoms with E-state index in [0.717, 1.165) is 21.8 Å². The van der Waals surface area contributed by atoms with E-state index in [4.69, 9.17) is 9.47 Å². The number of hydrogen-bond donors (Lipinski definition) is 1. The van der Waals surface area contributed by atoms with Crippen LogP contribution in [0.3, 0.4) is 0 Å². The molecule has 0 unspecified atom stereocenters. The van der Waals surface area contributed by atoms with Gasteiger partial charge in [-0.1, -0.05) is 0 Å². The summed E-state index contributed by atoms with van der Waals surface area (Å²) in [4.78, 5) is 4.29. The molecule has 0 aliphatic carbocycles. The van der Waals surface area contributed by atoms with Crippen LogP contribution in [0.15, 0.2) is 24.5 Å². The number of nitrogens with zero attached hydrogens (tertiary/aromatic N) is 2. The molecule has 0 radical (unpaired) electrons. The monoisotopic (exact) mass is 229 g/mol. The van der Waals surface area contributed by atoms with Gasteiger partial charge in [-0.3, -0.25) is 5.10 Å². The highest BCUT2D eigenvalue weighted by Gasteiger charge is 2.09. The van der Waals surface area contributed by atoms with Crippen LogP contribution in [0.1, 0.15) is 0 Å². The van der Waals surface area contributed by atoms with Gasteiger partial charge >= 0.3 is 0 Å². The molecule has 2 aromatic heterocycles. The van der Waals surface area contributed by atoms with Crippen molar-refractivity contribution >= 4 is 21.8 Å². The minimum atomic E-state index is 0.699. The number of H-pyrrole nitrogens is 1. The number of hydrogen-bond acceptors (Lipinski definition) is 4. The van der Waals surface area contributed by atoms with Crippen LogP contribution >= 0.6 is 0 Å². The Hall–Kier alpha value is -2.30. The maximum atomic E-state index is 5.29. The van der Waals surface area contributed by atoms with Crippen molar-refractivity contribution in [3.8, 4) is 11.5 Å². The summed E-state index contributed by atoms with van der Waals surface area (Å²) < 4.78 is 10.6. The predicted octanol–water partition coefficient (Wildman–Crippen LogP) is 2.13. The van der Waals surface area contributed by atoms with Gasteiger partial charge < -0.3 is 9.47 Å². The molecule has 1 N–H and O–H groups in total. The number of rotatable bonds is 2. The van der Waals surface area contributed by atoms with Gasteiger partial charge in [0, 0.05) is 17.0 Å². The van der Waals surface area contributed by atoms with Gasteiger partial charge in [-0.25, -0.2) is 4.98 Å². The molecule has 5 nitrogen and oxygen atoms in total. The topological polar surface area (TPSA) is 60.0 Å². The molecule has 1 aromatic carbocycles. The lowest BCUT2D eigenvalue weighted by atomic mass is 10.1. The lowest BCUT2D eigenvalue weighted by Gasteiger charge is -2.09. The zero-order chi connectivity index (χ0) is 11.8. The van der Waals surface area contributed by atoms with Crippen molar-refractivity contribution < 1.29 is 9.47 Å². The third-order valence-electron chi connectivity index (χ3n) is 2.80.